The first-order valence-corrected chi connectivity index (χ1v) is 10.1. The van der Waals surface area contributed by atoms with Gasteiger partial charge in [0, 0.05) is 18.2 Å². The van der Waals surface area contributed by atoms with E-state index in [9.17, 15) is 13.2 Å². The van der Waals surface area contributed by atoms with Crippen LogP contribution < -0.4 is 15.4 Å². The number of likely N-dealkylation sites (N-methyl/N-ethyl adjacent to an activating group) is 1. The van der Waals surface area contributed by atoms with Crippen LogP contribution in [-0.4, -0.2) is 33.5 Å². The zero-order chi connectivity index (χ0) is 19.2. The van der Waals surface area contributed by atoms with Gasteiger partial charge in [0.15, 0.2) is 0 Å². The maximum atomic E-state index is 12.4. The van der Waals surface area contributed by atoms with Gasteiger partial charge in [-0.2, -0.15) is 0 Å². The van der Waals surface area contributed by atoms with Gasteiger partial charge in [-0.25, -0.2) is 8.42 Å². The highest BCUT2D eigenvalue weighted by molar-refractivity contribution is 7.92. The molecule has 0 spiro atoms. The van der Waals surface area contributed by atoms with Crippen LogP contribution in [0.4, 0.5) is 5.69 Å². The Balaban J connectivity index is 0.00000364. The van der Waals surface area contributed by atoms with E-state index in [1.165, 1.54) is 24.3 Å². The second-order valence-corrected chi connectivity index (χ2v) is 7.87. The molecule has 9 heteroatoms. The Morgan fingerprint density at radius 3 is 2.33 bits per heavy atom. The fraction of sp³-hybridized carbons (Fsp3) is 0.278. The van der Waals surface area contributed by atoms with Gasteiger partial charge in [-0.05, 0) is 49.9 Å². The Morgan fingerprint density at radius 1 is 1.11 bits per heavy atom. The topological polar surface area (TPSA) is 87.3 Å². The van der Waals surface area contributed by atoms with Gasteiger partial charge >= 0.3 is 0 Å². The van der Waals surface area contributed by atoms with Crippen LogP contribution in [0, 0.1) is 0 Å². The molecule has 27 heavy (non-hydrogen) atoms. The van der Waals surface area contributed by atoms with Crippen molar-refractivity contribution in [3.05, 3.63) is 59.1 Å². The van der Waals surface area contributed by atoms with Crippen molar-refractivity contribution < 1.29 is 13.2 Å². The number of benzene rings is 2. The molecule has 3 N–H and O–H groups in total. The molecule has 0 fully saturated rings. The summed E-state index contributed by atoms with van der Waals surface area (Å²) < 4.78 is 27.3. The summed E-state index contributed by atoms with van der Waals surface area (Å²) in [7, 11) is -3.79. The maximum absolute atomic E-state index is 12.4. The third kappa shape index (κ3) is 6.70. The van der Waals surface area contributed by atoms with Crippen LogP contribution in [0.1, 0.15) is 24.2 Å². The normalized spacial score (nSPS) is 12.0. The van der Waals surface area contributed by atoms with Crippen LogP contribution in [0.2, 0.25) is 5.02 Å². The minimum atomic E-state index is -3.79. The third-order valence-corrected chi connectivity index (χ3v) is 5.38. The Bertz CT molecular complexity index is 858. The lowest BCUT2D eigenvalue weighted by molar-refractivity contribution is 0.0950. The Labute approximate surface area is 171 Å². The first-order chi connectivity index (χ1) is 12.3. The van der Waals surface area contributed by atoms with E-state index < -0.39 is 10.0 Å². The fourth-order valence-electron chi connectivity index (χ4n) is 2.30. The molecule has 1 atom stereocenters. The molecular weight excluding hydrogens is 409 g/mol. The number of nitrogens with one attached hydrogen (secondary N) is 3. The summed E-state index contributed by atoms with van der Waals surface area (Å²) in [5.41, 5.74) is 0.693. The van der Waals surface area contributed by atoms with Crippen LogP contribution >= 0.6 is 24.0 Å². The number of hydrogen-bond acceptors (Lipinski definition) is 4. The predicted molar refractivity (Wildman–Crippen MR) is 111 cm³/mol. The molecule has 0 unspecified atom stereocenters. The molecule has 1 amide bonds. The molecule has 2 aromatic rings. The van der Waals surface area contributed by atoms with E-state index in [4.69, 9.17) is 11.6 Å². The summed E-state index contributed by atoms with van der Waals surface area (Å²) in [6.07, 6.45) is 0. The van der Waals surface area contributed by atoms with Gasteiger partial charge < -0.3 is 10.6 Å². The molecule has 0 heterocycles. The number of amides is 1. The van der Waals surface area contributed by atoms with Gasteiger partial charge in [0.1, 0.15) is 0 Å². The molecule has 0 aliphatic carbocycles. The summed E-state index contributed by atoms with van der Waals surface area (Å²) in [5.74, 6) is -0.252. The zero-order valence-electron chi connectivity index (χ0n) is 15.0. The molecular formula is C18H23Cl2N3O3S. The molecule has 0 saturated heterocycles. The van der Waals surface area contributed by atoms with Crippen LogP contribution in [-0.2, 0) is 10.0 Å². The largest absolute Gasteiger partial charge is 0.350 e. The average Bonchev–Trinajstić information content (AvgIpc) is 2.62. The van der Waals surface area contributed by atoms with Gasteiger partial charge in [-0.1, -0.05) is 30.7 Å². The van der Waals surface area contributed by atoms with E-state index in [1.807, 2.05) is 13.8 Å². The highest BCUT2D eigenvalue weighted by atomic mass is 35.5. The average molecular weight is 432 g/mol. The summed E-state index contributed by atoms with van der Waals surface area (Å²) in [5, 5.41) is 6.31. The molecule has 2 aromatic carbocycles. The molecule has 0 aliphatic rings. The Kier molecular flexibility index (Phi) is 9.05. The van der Waals surface area contributed by atoms with E-state index in [1.54, 1.807) is 24.3 Å². The Hall–Kier alpha value is -1.80. The van der Waals surface area contributed by atoms with Gasteiger partial charge in [-0.15, -0.1) is 12.4 Å². The molecule has 0 bridgehead atoms. The lowest BCUT2D eigenvalue weighted by Crippen LogP contribution is -2.38. The van der Waals surface area contributed by atoms with Gasteiger partial charge in [0.25, 0.3) is 15.9 Å². The molecule has 2 rings (SSSR count). The van der Waals surface area contributed by atoms with Crippen molar-refractivity contribution >= 4 is 45.6 Å². The van der Waals surface area contributed by atoms with Crippen molar-refractivity contribution in [2.45, 2.75) is 24.8 Å². The molecule has 0 aromatic heterocycles. The van der Waals surface area contributed by atoms with Crippen LogP contribution in [0.5, 0.6) is 0 Å². The molecule has 0 saturated carbocycles. The van der Waals surface area contributed by atoms with Gasteiger partial charge in [-0.3, -0.25) is 9.52 Å². The smallest absolute Gasteiger partial charge is 0.261 e. The van der Waals surface area contributed by atoms with Crippen molar-refractivity contribution in [3.63, 3.8) is 0 Å². The van der Waals surface area contributed by atoms with E-state index >= 15 is 0 Å². The third-order valence-electron chi connectivity index (χ3n) is 3.67. The summed E-state index contributed by atoms with van der Waals surface area (Å²) in [6, 6.07) is 12.5. The first kappa shape index (κ1) is 23.2. The van der Waals surface area contributed by atoms with Crippen molar-refractivity contribution in [1.29, 1.82) is 0 Å². The molecule has 148 valence electrons. The number of halogens is 2. The number of sulfonamides is 1. The highest BCUT2D eigenvalue weighted by Crippen LogP contribution is 2.24. The number of carbonyl (C=O) groups excluding carboxylic acids is 1. The van der Waals surface area contributed by atoms with E-state index in [2.05, 4.69) is 15.4 Å². The van der Waals surface area contributed by atoms with Crippen molar-refractivity contribution in [2.75, 3.05) is 17.8 Å². The van der Waals surface area contributed by atoms with Crippen molar-refractivity contribution in [3.8, 4) is 0 Å². The van der Waals surface area contributed by atoms with E-state index in [0.29, 0.717) is 22.8 Å². The summed E-state index contributed by atoms with van der Waals surface area (Å²) >= 11 is 5.98. The number of carbonyl (C=O) groups is 1. The lowest BCUT2D eigenvalue weighted by atomic mass is 10.2. The minimum Gasteiger partial charge on any atom is -0.350 e. The fourth-order valence-corrected chi connectivity index (χ4v) is 3.62. The summed E-state index contributed by atoms with van der Waals surface area (Å²) in [6.45, 7) is 5.27. The second kappa shape index (κ2) is 10.5. The van der Waals surface area contributed by atoms with E-state index in [-0.39, 0.29) is 29.3 Å². The quantitative estimate of drug-likeness (QED) is 0.598. The SMILES string of the molecule is CCN[C@H](C)CNC(=O)c1ccc(S(=O)(=O)Nc2ccccc2Cl)cc1.Cl. The molecule has 0 radical (unpaired) electrons. The monoisotopic (exact) mass is 431 g/mol. The van der Waals surface area contributed by atoms with Crippen LogP contribution in [0.15, 0.2) is 53.4 Å². The number of para-hydroxylation sites is 1. The van der Waals surface area contributed by atoms with Crippen LogP contribution in [0.25, 0.3) is 0 Å². The zero-order valence-corrected chi connectivity index (χ0v) is 17.4. The van der Waals surface area contributed by atoms with Crippen LogP contribution in [0.3, 0.4) is 0 Å². The van der Waals surface area contributed by atoms with Crippen molar-refractivity contribution in [2.24, 2.45) is 0 Å². The Morgan fingerprint density at radius 2 is 1.74 bits per heavy atom. The number of rotatable bonds is 8. The number of hydrogen-bond donors (Lipinski definition) is 3. The van der Waals surface area contributed by atoms with Crippen molar-refractivity contribution in [1.82, 2.24) is 10.6 Å². The second-order valence-electron chi connectivity index (χ2n) is 5.78. The minimum absolute atomic E-state index is 0. The van der Waals surface area contributed by atoms with Gasteiger partial charge in [0.2, 0.25) is 0 Å². The summed E-state index contributed by atoms with van der Waals surface area (Å²) in [4.78, 5) is 12.2. The first-order valence-electron chi connectivity index (χ1n) is 8.22. The number of anilines is 1. The highest BCUT2D eigenvalue weighted by Gasteiger charge is 2.16. The molecule has 6 nitrogen and oxygen atoms in total. The van der Waals surface area contributed by atoms with E-state index in [0.717, 1.165) is 6.54 Å². The van der Waals surface area contributed by atoms with Gasteiger partial charge in [0.05, 0.1) is 15.6 Å². The predicted octanol–water partition coefficient (Wildman–Crippen LogP) is 3.29. The lowest BCUT2D eigenvalue weighted by Gasteiger charge is -2.13. The standard InChI is InChI=1S/C18H22ClN3O3S.ClH/c1-3-20-13(2)12-21-18(23)14-8-10-15(11-9-14)26(24,25)22-17-7-5-4-6-16(17)19;/h4-11,13,20,22H,3,12H2,1-2H3,(H,21,23);1H/t13-;/m1./s1. The maximum Gasteiger partial charge on any atom is 0.261 e. The molecule has 0 aliphatic heterocycles.